The van der Waals surface area contributed by atoms with Crippen molar-refractivity contribution in [2.75, 3.05) is 0 Å². The molecule has 0 aliphatic rings. The van der Waals surface area contributed by atoms with Crippen LogP contribution in [0.25, 0.3) is 0 Å². The number of nitrogens with one attached hydrogen (secondary N) is 1. The highest BCUT2D eigenvalue weighted by molar-refractivity contribution is 6.30. The van der Waals surface area contributed by atoms with Crippen LogP contribution in [0.5, 0.6) is 5.75 Å². The third kappa shape index (κ3) is 1.55. The fourth-order valence-electron chi connectivity index (χ4n) is 0.657. The molecule has 0 aliphatic carbocycles. The molecular formula is C6H4ClF2NO2. The minimum atomic E-state index is -2.81. The second kappa shape index (κ2) is 3.10. The van der Waals surface area contributed by atoms with Crippen molar-refractivity contribution in [1.29, 1.82) is 0 Å². The highest BCUT2D eigenvalue weighted by atomic mass is 35.5. The Kier molecular flexibility index (Phi) is 2.32. The maximum Gasteiger partial charge on any atom is 0.278 e. The van der Waals surface area contributed by atoms with Crippen LogP contribution in [0.15, 0.2) is 10.9 Å². The number of aromatic nitrogens is 1. The summed E-state index contributed by atoms with van der Waals surface area (Å²) in [4.78, 5) is 12.7. The topological polar surface area (TPSA) is 53.1 Å². The number of hydrogen-bond donors (Lipinski definition) is 2. The predicted molar refractivity (Wildman–Crippen MR) is 38.7 cm³/mol. The monoisotopic (exact) mass is 195 g/mol. The maximum atomic E-state index is 11.9. The maximum absolute atomic E-state index is 11.9. The Labute approximate surface area is 70.6 Å². The lowest BCUT2D eigenvalue weighted by Gasteiger charge is -2.00. The number of aromatic hydroxyl groups is 1. The van der Waals surface area contributed by atoms with Crippen LogP contribution in [-0.4, -0.2) is 10.1 Å². The van der Waals surface area contributed by atoms with Crippen LogP contribution >= 0.6 is 11.6 Å². The second-order valence-electron chi connectivity index (χ2n) is 2.05. The van der Waals surface area contributed by atoms with Crippen molar-refractivity contribution in [3.63, 3.8) is 0 Å². The minimum Gasteiger partial charge on any atom is -0.502 e. The van der Waals surface area contributed by atoms with Crippen LogP contribution in [0.4, 0.5) is 8.78 Å². The molecule has 0 aliphatic heterocycles. The Hall–Kier alpha value is -1.10. The number of hydrogen-bond acceptors (Lipinski definition) is 2. The van der Waals surface area contributed by atoms with E-state index < -0.39 is 28.5 Å². The van der Waals surface area contributed by atoms with E-state index in [1.165, 1.54) is 0 Å². The Morgan fingerprint density at radius 1 is 1.58 bits per heavy atom. The summed E-state index contributed by atoms with van der Waals surface area (Å²) >= 11 is 5.22. The number of halogens is 3. The zero-order valence-electron chi connectivity index (χ0n) is 5.64. The first-order chi connectivity index (χ1) is 5.52. The highest BCUT2D eigenvalue weighted by Crippen LogP contribution is 2.21. The van der Waals surface area contributed by atoms with Crippen LogP contribution in [-0.2, 0) is 0 Å². The van der Waals surface area contributed by atoms with E-state index in [0.717, 1.165) is 0 Å². The van der Waals surface area contributed by atoms with E-state index in [4.69, 9.17) is 16.7 Å². The molecule has 0 aromatic carbocycles. The van der Waals surface area contributed by atoms with E-state index in [-0.39, 0.29) is 0 Å². The van der Waals surface area contributed by atoms with Crippen LogP contribution in [0, 0.1) is 0 Å². The Bertz CT molecular complexity index is 350. The smallest absolute Gasteiger partial charge is 0.278 e. The van der Waals surface area contributed by atoms with E-state index in [0.29, 0.717) is 6.07 Å². The fourth-order valence-corrected chi connectivity index (χ4v) is 0.860. The van der Waals surface area contributed by atoms with Crippen LogP contribution in [0.3, 0.4) is 0 Å². The molecule has 1 heterocycles. The molecule has 2 N–H and O–H groups in total. The molecule has 66 valence electrons. The van der Waals surface area contributed by atoms with Crippen molar-refractivity contribution in [3.8, 4) is 5.75 Å². The quantitative estimate of drug-likeness (QED) is 0.670. The Balaban J connectivity index is 3.31. The van der Waals surface area contributed by atoms with Gasteiger partial charge in [-0.15, -0.1) is 0 Å². The van der Waals surface area contributed by atoms with Crippen molar-refractivity contribution >= 4 is 11.6 Å². The number of aromatic amines is 1. The largest absolute Gasteiger partial charge is 0.502 e. The average Bonchev–Trinajstić information content (AvgIpc) is 1.99. The SMILES string of the molecule is O=c1cc(C(F)F)[nH]c(Cl)c1O. The van der Waals surface area contributed by atoms with Crippen LogP contribution in [0.1, 0.15) is 12.1 Å². The van der Waals surface area contributed by atoms with Crippen molar-refractivity contribution in [2.45, 2.75) is 6.43 Å². The number of H-pyrrole nitrogens is 1. The molecule has 3 nitrogen and oxygen atoms in total. The van der Waals surface area contributed by atoms with E-state index in [9.17, 15) is 13.6 Å². The average molecular weight is 196 g/mol. The van der Waals surface area contributed by atoms with Crippen molar-refractivity contribution < 1.29 is 13.9 Å². The predicted octanol–water partition coefficient (Wildman–Crippen LogP) is 1.67. The lowest BCUT2D eigenvalue weighted by molar-refractivity contribution is 0.146. The van der Waals surface area contributed by atoms with Gasteiger partial charge in [-0.3, -0.25) is 4.79 Å². The van der Waals surface area contributed by atoms with Gasteiger partial charge in [-0.05, 0) is 0 Å². The number of rotatable bonds is 1. The standard InChI is InChI=1S/C6H4ClF2NO2/c7-5-4(12)3(11)1-2(10-5)6(8)9/h1,6,12H,(H,10,11). The Morgan fingerprint density at radius 3 is 2.58 bits per heavy atom. The van der Waals surface area contributed by atoms with Gasteiger partial charge in [0.05, 0.1) is 5.69 Å². The van der Waals surface area contributed by atoms with Crippen LogP contribution in [0.2, 0.25) is 5.15 Å². The van der Waals surface area contributed by atoms with E-state index in [1.807, 2.05) is 4.98 Å². The highest BCUT2D eigenvalue weighted by Gasteiger charge is 2.12. The third-order valence-electron chi connectivity index (χ3n) is 1.22. The number of alkyl halides is 2. The van der Waals surface area contributed by atoms with Gasteiger partial charge in [-0.25, -0.2) is 8.78 Å². The zero-order chi connectivity index (χ0) is 9.30. The normalized spacial score (nSPS) is 10.7. The first-order valence-electron chi connectivity index (χ1n) is 2.92. The fraction of sp³-hybridized carbons (Fsp3) is 0.167. The molecule has 1 aromatic rings. The molecule has 0 atom stereocenters. The summed E-state index contributed by atoms with van der Waals surface area (Å²) in [5, 5.41) is 8.32. The van der Waals surface area contributed by atoms with Gasteiger partial charge in [0.2, 0.25) is 5.43 Å². The second-order valence-corrected chi connectivity index (χ2v) is 2.43. The molecule has 1 aromatic heterocycles. The van der Waals surface area contributed by atoms with Crippen LogP contribution < -0.4 is 5.43 Å². The lowest BCUT2D eigenvalue weighted by Crippen LogP contribution is -2.04. The van der Waals surface area contributed by atoms with Gasteiger partial charge in [-0.2, -0.15) is 0 Å². The van der Waals surface area contributed by atoms with Gasteiger partial charge in [-0.1, -0.05) is 11.6 Å². The molecule has 0 amide bonds. The van der Waals surface area contributed by atoms with E-state index in [2.05, 4.69) is 0 Å². The van der Waals surface area contributed by atoms with Gasteiger partial charge in [0.25, 0.3) is 6.43 Å². The van der Waals surface area contributed by atoms with Gasteiger partial charge >= 0.3 is 0 Å². The summed E-state index contributed by atoms with van der Waals surface area (Å²) in [6.45, 7) is 0. The molecule has 0 bridgehead atoms. The molecule has 0 spiro atoms. The van der Waals surface area contributed by atoms with Gasteiger partial charge < -0.3 is 10.1 Å². The number of pyridine rings is 1. The lowest BCUT2D eigenvalue weighted by atomic mass is 10.3. The summed E-state index contributed by atoms with van der Waals surface area (Å²) in [7, 11) is 0. The molecule has 6 heteroatoms. The first-order valence-corrected chi connectivity index (χ1v) is 3.30. The van der Waals surface area contributed by atoms with Crippen molar-refractivity contribution in [3.05, 3.63) is 27.1 Å². The third-order valence-corrected chi connectivity index (χ3v) is 1.49. The first kappa shape index (κ1) is 8.99. The summed E-state index contributed by atoms with van der Waals surface area (Å²) in [6, 6.07) is 0.603. The van der Waals surface area contributed by atoms with E-state index in [1.54, 1.807) is 0 Å². The molecule has 0 saturated carbocycles. The molecule has 1 rings (SSSR count). The Morgan fingerprint density at radius 2 is 2.17 bits per heavy atom. The summed E-state index contributed by atoms with van der Waals surface area (Å²) in [6.07, 6.45) is -2.81. The van der Waals surface area contributed by atoms with Gasteiger partial charge in [0.1, 0.15) is 0 Å². The van der Waals surface area contributed by atoms with Crippen molar-refractivity contribution in [2.24, 2.45) is 0 Å². The molecule has 0 saturated heterocycles. The summed E-state index contributed by atoms with van der Waals surface area (Å²) in [5.74, 6) is -0.749. The van der Waals surface area contributed by atoms with Gasteiger partial charge in [0, 0.05) is 6.07 Å². The molecule has 0 unspecified atom stereocenters. The molecule has 12 heavy (non-hydrogen) atoms. The minimum absolute atomic E-state index is 0.474. The molecular weight excluding hydrogens is 192 g/mol. The summed E-state index contributed by atoms with van der Waals surface area (Å²) in [5.41, 5.74) is -1.53. The molecule has 0 fully saturated rings. The van der Waals surface area contributed by atoms with Crippen molar-refractivity contribution in [1.82, 2.24) is 4.98 Å². The summed E-state index contributed by atoms with van der Waals surface area (Å²) < 4.78 is 23.9. The molecule has 0 radical (unpaired) electrons. The van der Waals surface area contributed by atoms with Gasteiger partial charge in [0.15, 0.2) is 10.9 Å². The zero-order valence-corrected chi connectivity index (χ0v) is 6.40. The van der Waals surface area contributed by atoms with E-state index >= 15 is 0 Å².